The van der Waals surface area contributed by atoms with Gasteiger partial charge in [-0.25, -0.2) is 9.97 Å². The van der Waals surface area contributed by atoms with Gasteiger partial charge in [-0.2, -0.15) is 18.4 Å². The van der Waals surface area contributed by atoms with Crippen LogP contribution in [0.5, 0.6) is 0 Å². The molecule has 10 nitrogen and oxygen atoms in total. The van der Waals surface area contributed by atoms with Gasteiger partial charge >= 0.3 is 6.18 Å². The average molecular weight is 566 g/mol. The number of nitrogens with one attached hydrogen (secondary N) is 2. The van der Waals surface area contributed by atoms with Crippen molar-refractivity contribution in [3.8, 4) is 6.07 Å². The summed E-state index contributed by atoms with van der Waals surface area (Å²) in [4.78, 5) is 27.9. The molecule has 0 saturated carbocycles. The van der Waals surface area contributed by atoms with E-state index >= 15 is 0 Å². The molecule has 2 aliphatic rings. The lowest BCUT2D eigenvalue weighted by Gasteiger charge is -2.26. The Labute approximate surface area is 234 Å². The largest absolute Gasteiger partial charge is 0.397 e. The maximum atomic E-state index is 12.7. The molecular formula is C28H30F3N9O. The van der Waals surface area contributed by atoms with Gasteiger partial charge in [0.15, 0.2) is 11.6 Å². The molecule has 2 fully saturated rings. The van der Waals surface area contributed by atoms with Crippen molar-refractivity contribution >= 4 is 28.4 Å². The molecule has 0 radical (unpaired) electrons. The van der Waals surface area contributed by atoms with Gasteiger partial charge in [-0.05, 0) is 49.1 Å². The predicted molar refractivity (Wildman–Crippen MR) is 146 cm³/mol. The Hall–Kier alpha value is -4.31. The van der Waals surface area contributed by atoms with Gasteiger partial charge in [-0.1, -0.05) is 6.07 Å². The third kappa shape index (κ3) is 5.15. The van der Waals surface area contributed by atoms with Crippen LogP contribution in [-0.4, -0.2) is 66.7 Å². The van der Waals surface area contributed by atoms with Crippen LogP contribution in [0.4, 0.5) is 24.8 Å². The number of imidazole rings is 2. The molecule has 2 N–H and O–H groups in total. The lowest BCUT2D eigenvalue weighted by atomic mass is 10.0. The van der Waals surface area contributed by atoms with Crippen LogP contribution in [0.1, 0.15) is 35.4 Å². The molecule has 2 unspecified atom stereocenters. The highest BCUT2D eigenvalue weighted by atomic mass is 19.4. The first-order valence-electron chi connectivity index (χ1n) is 13.5. The summed E-state index contributed by atoms with van der Waals surface area (Å²) < 4.78 is 41.8. The number of anilines is 2. The number of benzene rings is 1. The van der Waals surface area contributed by atoms with Crippen LogP contribution in [0, 0.1) is 24.2 Å². The van der Waals surface area contributed by atoms with Crippen molar-refractivity contribution in [3.63, 3.8) is 0 Å². The quantitative estimate of drug-likeness (QED) is 0.352. The summed E-state index contributed by atoms with van der Waals surface area (Å²) in [6, 6.07) is 8.75. The van der Waals surface area contributed by atoms with Gasteiger partial charge in [0.05, 0.1) is 24.9 Å². The minimum atomic E-state index is -4.58. The van der Waals surface area contributed by atoms with Crippen molar-refractivity contribution in [2.45, 2.75) is 45.1 Å². The fourth-order valence-corrected chi connectivity index (χ4v) is 6.38. The second-order valence-corrected chi connectivity index (χ2v) is 10.9. The third-order valence-electron chi connectivity index (χ3n) is 8.32. The molecule has 0 bridgehead atoms. The van der Waals surface area contributed by atoms with Crippen molar-refractivity contribution in [3.05, 3.63) is 59.6 Å². The number of fused-ring (bicyclic) bond motifs is 2. The Bertz CT molecular complexity index is 1630. The Morgan fingerprint density at radius 1 is 1.27 bits per heavy atom. The molecule has 5 heterocycles. The van der Waals surface area contributed by atoms with Crippen molar-refractivity contribution in [2.75, 3.05) is 29.9 Å². The van der Waals surface area contributed by atoms with Crippen LogP contribution in [0.15, 0.2) is 37.1 Å². The molecule has 13 heteroatoms. The molecule has 6 rings (SSSR count). The maximum Gasteiger partial charge on any atom is 0.397 e. The van der Waals surface area contributed by atoms with E-state index < -0.39 is 18.5 Å². The van der Waals surface area contributed by atoms with Crippen LogP contribution in [0.3, 0.4) is 0 Å². The lowest BCUT2D eigenvalue weighted by Crippen LogP contribution is -2.35. The summed E-state index contributed by atoms with van der Waals surface area (Å²) in [7, 11) is 1.78. The van der Waals surface area contributed by atoms with E-state index in [0.717, 1.165) is 48.2 Å². The smallest absolute Gasteiger partial charge is 0.353 e. The number of aryl methyl sites for hydroxylation is 2. The highest BCUT2D eigenvalue weighted by Crippen LogP contribution is 2.38. The number of aromatic nitrogens is 5. The van der Waals surface area contributed by atoms with E-state index in [2.05, 4.69) is 55.2 Å². The number of nitriles is 1. The molecule has 1 aromatic carbocycles. The number of rotatable bonds is 7. The molecule has 3 aromatic heterocycles. The highest BCUT2D eigenvalue weighted by Gasteiger charge is 2.43. The number of likely N-dealkylation sites (tertiary alicyclic amines) is 1. The summed E-state index contributed by atoms with van der Waals surface area (Å²) in [6.07, 6.45) is -0.221. The molecule has 41 heavy (non-hydrogen) atoms. The molecule has 2 atom stereocenters. The molecule has 0 spiro atoms. The lowest BCUT2D eigenvalue weighted by molar-refractivity contribution is -0.150. The molecule has 2 aliphatic heterocycles. The summed E-state index contributed by atoms with van der Waals surface area (Å²) >= 11 is 0. The van der Waals surface area contributed by atoms with E-state index in [1.165, 1.54) is 11.9 Å². The fourth-order valence-electron chi connectivity index (χ4n) is 6.38. The van der Waals surface area contributed by atoms with Crippen molar-refractivity contribution < 1.29 is 18.0 Å². The second kappa shape index (κ2) is 10.3. The van der Waals surface area contributed by atoms with E-state index in [4.69, 9.17) is 0 Å². The zero-order chi connectivity index (χ0) is 28.9. The number of aromatic amines is 1. The third-order valence-corrected chi connectivity index (χ3v) is 8.32. The average Bonchev–Trinajstić information content (AvgIpc) is 3.72. The van der Waals surface area contributed by atoms with E-state index in [1.54, 1.807) is 24.1 Å². The SMILES string of the molecule is Cc1c(CN2CCC3CN(c4c(NC(=O)CC(F)(F)F)ncn4C)CC32)ccc2c1cc(C#N)n2Cc1cnc[nH]1. The van der Waals surface area contributed by atoms with Crippen LogP contribution < -0.4 is 10.2 Å². The first kappa shape index (κ1) is 26.9. The molecule has 0 aliphatic carbocycles. The van der Waals surface area contributed by atoms with Gasteiger partial charge < -0.3 is 24.3 Å². The summed E-state index contributed by atoms with van der Waals surface area (Å²) in [5.74, 6) is 0.0493. The topological polar surface area (TPSA) is 111 Å². The molecule has 4 aromatic rings. The van der Waals surface area contributed by atoms with Crippen molar-refractivity contribution in [1.82, 2.24) is 29.0 Å². The van der Waals surface area contributed by atoms with Crippen LogP contribution in [-0.2, 0) is 24.9 Å². The van der Waals surface area contributed by atoms with Crippen LogP contribution in [0.25, 0.3) is 10.9 Å². The van der Waals surface area contributed by atoms with Crippen molar-refractivity contribution in [2.24, 2.45) is 13.0 Å². The van der Waals surface area contributed by atoms with Crippen molar-refractivity contribution in [1.29, 1.82) is 5.26 Å². The Kier molecular flexibility index (Phi) is 6.73. The normalized spacial score (nSPS) is 19.2. The monoisotopic (exact) mass is 565 g/mol. The first-order valence-corrected chi connectivity index (χ1v) is 13.5. The summed E-state index contributed by atoms with van der Waals surface area (Å²) in [5, 5.41) is 13.2. The minimum absolute atomic E-state index is 0.155. The van der Waals surface area contributed by atoms with E-state index in [0.29, 0.717) is 30.5 Å². The number of halogens is 3. The number of hydrogen-bond donors (Lipinski definition) is 2. The second-order valence-electron chi connectivity index (χ2n) is 10.9. The van der Waals surface area contributed by atoms with Gasteiger partial charge in [-0.15, -0.1) is 0 Å². The maximum absolute atomic E-state index is 12.7. The predicted octanol–water partition coefficient (Wildman–Crippen LogP) is 3.93. The van der Waals surface area contributed by atoms with Gasteiger partial charge in [0, 0.05) is 49.8 Å². The summed E-state index contributed by atoms with van der Waals surface area (Å²) in [5.41, 5.74) is 4.85. The Balaban J connectivity index is 1.19. The first-order chi connectivity index (χ1) is 19.6. The number of carbonyl (C=O) groups is 1. The zero-order valence-electron chi connectivity index (χ0n) is 22.7. The fraction of sp³-hybridized carbons (Fsp3) is 0.429. The molecule has 214 valence electrons. The van der Waals surface area contributed by atoms with E-state index in [-0.39, 0.29) is 11.9 Å². The summed E-state index contributed by atoms with van der Waals surface area (Å²) in [6.45, 7) is 5.76. The number of carbonyl (C=O) groups excluding carboxylic acids is 1. The highest BCUT2D eigenvalue weighted by molar-refractivity contribution is 5.93. The molecule has 1 amide bonds. The van der Waals surface area contributed by atoms with Crippen LogP contribution >= 0.6 is 0 Å². The van der Waals surface area contributed by atoms with Gasteiger partial charge in [0.1, 0.15) is 18.2 Å². The molecular weight excluding hydrogens is 535 g/mol. The standard InChI is InChI=1S/C28H30F3N9O/c1-17-18(3-4-23-22(17)7-21(9-32)40(23)13-20-10-33-15-34-20)11-38-6-5-19-12-39(14-24(19)38)27-26(35-16-37(27)2)36-25(41)8-28(29,30)31/h3-4,7,10,15-16,19,24H,5-6,8,11-14H2,1-2H3,(H,33,34)(H,36,41). The van der Waals surface area contributed by atoms with Gasteiger partial charge in [0.2, 0.25) is 5.91 Å². The minimum Gasteiger partial charge on any atom is -0.353 e. The molecule has 2 saturated heterocycles. The Morgan fingerprint density at radius 3 is 2.83 bits per heavy atom. The van der Waals surface area contributed by atoms with E-state index in [9.17, 15) is 23.2 Å². The van der Waals surface area contributed by atoms with Gasteiger partial charge in [-0.3, -0.25) is 9.69 Å². The Morgan fingerprint density at radius 2 is 2.10 bits per heavy atom. The number of hydrogen-bond acceptors (Lipinski definition) is 6. The number of amides is 1. The number of alkyl halides is 3. The van der Waals surface area contributed by atoms with Crippen LogP contribution in [0.2, 0.25) is 0 Å². The van der Waals surface area contributed by atoms with E-state index in [1.807, 2.05) is 10.6 Å². The van der Waals surface area contributed by atoms with Gasteiger partial charge in [0.25, 0.3) is 0 Å². The zero-order valence-corrected chi connectivity index (χ0v) is 22.7. The number of H-pyrrole nitrogens is 1. The number of nitrogens with zero attached hydrogens (tertiary/aromatic N) is 7.